The van der Waals surface area contributed by atoms with Crippen molar-refractivity contribution in [2.75, 3.05) is 24.6 Å². The van der Waals surface area contributed by atoms with Crippen LogP contribution in [0, 0.1) is 0 Å². The van der Waals surface area contributed by atoms with Gasteiger partial charge < -0.3 is 9.73 Å². The summed E-state index contributed by atoms with van der Waals surface area (Å²) >= 11 is 0. The third-order valence-electron chi connectivity index (χ3n) is 3.80. The van der Waals surface area contributed by atoms with Crippen LogP contribution in [0.4, 0.5) is 0 Å². The Morgan fingerprint density at radius 1 is 1.32 bits per heavy atom. The number of hydrogen-bond donors (Lipinski definition) is 1. The van der Waals surface area contributed by atoms with Crippen molar-refractivity contribution in [1.29, 1.82) is 0 Å². The van der Waals surface area contributed by atoms with Gasteiger partial charge in [-0.3, -0.25) is 4.90 Å². The maximum atomic E-state index is 11.4. The molecule has 5 nitrogen and oxygen atoms in total. The zero-order chi connectivity index (χ0) is 13.3. The first-order valence-corrected chi connectivity index (χ1v) is 8.66. The van der Waals surface area contributed by atoms with Crippen molar-refractivity contribution in [3.8, 4) is 0 Å². The van der Waals surface area contributed by atoms with Gasteiger partial charge in [-0.2, -0.15) is 0 Å². The summed E-state index contributed by atoms with van der Waals surface area (Å²) in [5, 5.41) is 3.44. The van der Waals surface area contributed by atoms with Gasteiger partial charge in [-0.15, -0.1) is 0 Å². The minimum absolute atomic E-state index is 0.278. The van der Waals surface area contributed by atoms with Gasteiger partial charge in [0.2, 0.25) is 0 Å². The molecule has 0 amide bonds. The monoisotopic (exact) mass is 284 g/mol. The molecule has 0 radical (unpaired) electrons. The smallest absolute Gasteiger partial charge is 0.152 e. The van der Waals surface area contributed by atoms with E-state index in [0.29, 0.717) is 19.1 Å². The average molecular weight is 284 g/mol. The Morgan fingerprint density at radius 3 is 2.74 bits per heavy atom. The molecule has 0 aromatic carbocycles. The normalized spacial score (nSPS) is 23.6. The summed E-state index contributed by atoms with van der Waals surface area (Å²) in [5.74, 6) is 1.54. The highest BCUT2D eigenvalue weighted by molar-refractivity contribution is 7.91. The fraction of sp³-hybridized carbons (Fsp3) is 0.692. The summed E-state index contributed by atoms with van der Waals surface area (Å²) in [4.78, 5) is 2.19. The summed E-state index contributed by atoms with van der Waals surface area (Å²) in [6.07, 6.45) is 4.25. The lowest BCUT2D eigenvalue weighted by Crippen LogP contribution is -2.39. The van der Waals surface area contributed by atoms with Crippen LogP contribution < -0.4 is 5.32 Å². The molecule has 1 aliphatic heterocycles. The van der Waals surface area contributed by atoms with E-state index in [-0.39, 0.29) is 11.5 Å². The van der Waals surface area contributed by atoms with Crippen LogP contribution in [-0.2, 0) is 22.9 Å². The number of nitrogens with zero attached hydrogens (tertiary/aromatic N) is 1. The van der Waals surface area contributed by atoms with Gasteiger partial charge in [0.05, 0.1) is 24.3 Å². The van der Waals surface area contributed by atoms with Gasteiger partial charge in [0, 0.05) is 31.2 Å². The predicted octanol–water partition coefficient (Wildman–Crippen LogP) is 0.762. The predicted molar refractivity (Wildman–Crippen MR) is 72.5 cm³/mol. The highest BCUT2D eigenvalue weighted by Crippen LogP contribution is 2.21. The van der Waals surface area contributed by atoms with E-state index in [1.165, 1.54) is 18.4 Å². The lowest BCUT2D eigenvalue weighted by atomic mass is 10.2. The highest BCUT2D eigenvalue weighted by Gasteiger charge is 2.24. The molecular weight excluding hydrogens is 264 g/mol. The first-order valence-electron chi connectivity index (χ1n) is 6.84. The SMILES string of the molecule is O=S1(=O)CCN(Cc2ccoc2CNC2CC2)CC1. The number of hydrogen-bond acceptors (Lipinski definition) is 5. The number of sulfone groups is 1. The summed E-state index contributed by atoms with van der Waals surface area (Å²) in [6.45, 7) is 2.82. The van der Waals surface area contributed by atoms with Crippen LogP contribution in [-0.4, -0.2) is 44.0 Å². The zero-order valence-electron chi connectivity index (χ0n) is 11.0. The van der Waals surface area contributed by atoms with E-state index in [1.807, 2.05) is 6.07 Å². The summed E-state index contributed by atoms with van der Waals surface area (Å²) in [5.41, 5.74) is 1.17. The number of nitrogens with one attached hydrogen (secondary N) is 1. The molecule has 0 atom stereocenters. The van der Waals surface area contributed by atoms with Crippen molar-refractivity contribution in [3.63, 3.8) is 0 Å². The number of rotatable bonds is 5. The van der Waals surface area contributed by atoms with Gasteiger partial charge >= 0.3 is 0 Å². The third-order valence-corrected chi connectivity index (χ3v) is 5.41. The van der Waals surface area contributed by atoms with Crippen LogP contribution in [0.3, 0.4) is 0 Å². The van der Waals surface area contributed by atoms with E-state index < -0.39 is 9.84 Å². The minimum atomic E-state index is -2.80. The van der Waals surface area contributed by atoms with Crippen molar-refractivity contribution in [3.05, 3.63) is 23.7 Å². The molecule has 0 unspecified atom stereocenters. The Bertz CT molecular complexity index is 520. The molecule has 1 aromatic heterocycles. The lowest BCUT2D eigenvalue weighted by Gasteiger charge is -2.26. The number of furan rings is 1. The van der Waals surface area contributed by atoms with E-state index in [1.54, 1.807) is 6.26 Å². The van der Waals surface area contributed by atoms with Crippen LogP contribution in [0.25, 0.3) is 0 Å². The van der Waals surface area contributed by atoms with Crippen molar-refractivity contribution >= 4 is 9.84 Å². The van der Waals surface area contributed by atoms with Crippen molar-refractivity contribution < 1.29 is 12.8 Å². The second-order valence-corrected chi connectivity index (χ2v) is 7.76. The Hall–Kier alpha value is -0.850. The quantitative estimate of drug-likeness (QED) is 0.865. The maximum Gasteiger partial charge on any atom is 0.152 e. The molecule has 1 saturated heterocycles. The highest BCUT2D eigenvalue weighted by atomic mass is 32.2. The van der Waals surface area contributed by atoms with Crippen molar-refractivity contribution in [2.45, 2.75) is 32.0 Å². The molecule has 19 heavy (non-hydrogen) atoms. The van der Waals surface area contributed by atoms with Crippen LogP contribution >= 0.6 is 0 Å². The Balaban J connectivity index is 1.55. The first kappa shape index (κ1) is 13.1. The molecule has 2 fully saturated rings. The van der Waals surface area contributed by atoms with E-state index in [0.717, 1.165) is 18.8 Å². The van der Waals surface area contributed by atoms with Gasteiger partial charge in [-0.1, -0.05) is 0 Å². The molecule has 106 valence electrons. The zero-order valence-corrected chi connectivity index (χ0v) is 11.8. The molecule has 0 spiro atoms. The molecule has 1 aromatic rings. The third kappa shape index (κ3) is 3.58. The van der Waals surface area contributed by atoms with Crippen LogP contribution in [0.1, 0.15) is 24.2 Å². The molecule has 6 heteroatoms. The second-order valence-electron chi connectivity index (χ2n) is 5.45. The largest absolute Gasteiger partial charge is 0.468 e. The van der Waals surface area contributed by atoms with E-state index in [4.69, 9.17) is 4.42 Å². The lowest BCUT2D eigenvalue weighted by molar-refractivity contribution is 0.284. The molecule has 3 rings (SSSR count). The van der Waals surface area contributed by atoms with Gasteiger partial charge in [-0.25, -0.2) is 8.42 Å². The topological polar surface area (TPSA) is 62.6 Å². The molecule has 1 aliphatic carbocycles. The Labute approximate surface area is 113 Å². The van der Waals surface area contributed by atoms with Gasteiger partial charge in [0.1, 0.15) is 5.76 Å². The van der Waals surface area contributed by atoms with Gasteiger partial charge in [0.25, 0.3) is 0 Å². The molecule has 1 saturated carbocycles. The molecule has 2 aliphatic rings. The Kier molecular flexibility index (Phi) is 3.64. The average Bonchev–Trinajstić information content (AvgIpc) is 3.10. The standard InChI is InChI=1S/C13H20N2O3S/c16-19(17)7-4-15(5-8-19)10-11-3-6-18-13(11)9-14-12-1-2-12/h3,6,12,14H,1-2,4-5,7-10H2. The molecule has 0 bridgehead atoms. The fourth-order valence-corrected chi connectivity index (χ4v) is 3.61. The van der Waals surface area contributed by atoms with Crippen LogP contribution in [0.2, 0.25) is 0 Å². The Morgan fingerprint density at radius 2 is 2.05 bits per heavy atom. The minimum Gasteiger partial charge on any atom is -0.468 e. The second kappa shape index (κ2) is 5.26. The van der Waals surface area contributed by atoms with E-state index in [9.17, 15) is 8.42 Å². The first-order chi connectivity index (χ1) is 9.12. The van der Waals surface area contributed by atoms with Gasteiger partial charge in [-0.05, 0) is 18.9 Å². The van der Waals surface area contributed by atoms with Crippen molar-refractivity contribution in [2.24, 2.45) is 0 Å². The van der Waals surface area contributed by atoms with Crippen LogP contribution in [0.5, 0.6) is 0 Å². The molecule has 1 N–H and O–H groups in total. The van der Waals surface area contributed by atoms with Crippen molar-refractivity contribution in [1.82, 2.24) is 10.2 Å². The fourth-order valence-electron chi connectivity index (χ4n) is 2.34. The maximum absolute atomic E-state index is 11.4. The molecule has 2 heterocycles. The summed E-state index contributed by atoms with van der Waals surface area (Å²) in [7, 11) is -2.80. The summed E-state index contributed by atoms with van der Waals surface area (Å²) < 4.78 is 28.3. The van der Waals surface area contributed by atoms with E-state index in [2.05, 4.69) is 10.2 Å². The van der Waals surface area contributed by atoms with Crippen LogP contribution in [0.15, 0.2) is 16.7 Å². The molecular formula is C13H20N2O3S. The van der Waals surface area contributed by atoms with Gasteiger partial charge in [0.15, 0.2) is 9.84 Å². The summed E-state index contributed by atoms with van der Waals surface area (Å²) in [6, 6.07) is 2.66. The van der Waals surface area contributed by atoms with E-state index >= 15 is 0 Å².